The van der Waals surface area contributed by atoms with E-state index in [1.54, 1.807) is 13.8 Å². The second-order valence-corrected chi connectivity index (χ2v) is 4.19. The van der Waals surface area contributed by atoms with Crippen molar-refractivity contribution >= 4 is 11.8 Å². The molecule has 1 rings (SSSR count). The van der Waals surface area contributed by atoms with Gasteiger partial charge in [-0.3, -0.25) is 9.59 Å². The second-order valence-electron chi connectivity index (χ2n) is 4.19. The molecule has 3 nitrogen and oxygen atoms in total. The molecule has 0 radical (unpaired) electrons. The van der Waals surface area contributed by atoms with Crippen LogP contribution in [-0.4, -0.2) is 16.9 Å². The number of carboxylic acids is 1. The maximum absolute atomic E-state index is 11.8. The molecule has 1 aromatic rings. The van der Waals surface area contributed by atoms with Gasteiger partial charge in [0.05, 0.1) is 0 Å². The fraction of sp³-hybridized carbons (Fsp3) is 0.385. The fourth-order valence-corrected chi connectivity index (χ4v) is 1.70. The van der Waals surface area contributed by atoms with Crippen molar-refractivity contribution in [3.05, 3.63) is 35.9 Å². The zero-order valence-electron chi connectivity index (χ0n) is 9.51. The molecule has 0 saturated carbocycles. The summed E-state index contributed by atoms with van der Waals surface area (Å²) >= 11 is 0. The van der Waals surface area contributed by atoms with E-state index in [9.17, 15) is 9.59 Å². The standard InChI is InChI=1S/C13H16O3/c1-9(2)12(13(15)16)11(14)8-10-6-4-3-5-7-10/h3-7,9,12H,8H2,1-2H3,(H,15,16). The first-order valence-electron chi connectivity index (χ1n) is 5.32. The largest absolute Gasteiger partial charge is 0.481 e. The van der Waals surface area contributed by atoms with E-state index in [4.69, 9.17) is 5.11 Å². The Hall–Kier alpha value is -1.64. The van der Waals surface area contributed by atoms with E-state index in [1.807, 2.05) is 30.3 Å². The number of carboxylic acid groups (broad SMARTS) is 1. The molecule has 0 saturated heterocycles. The van der Waals surface area contributed by atoms with Crippen LogP contribution >= 0.6 is 0 Å². The normalized spacial score (nSPS) is 12.4. The summed E-state index contributed by atoms with van der Waals surface area (Å²) in [5.41, 5.74) is 0.861. The van der Waals surface area contributed by atoms with Crippen LogP contribution in [0.4, 0.5) is 0 Å². The first-order valence-corrected chi connectivity index (χ1v) is 5.32. The number of benzene rings is 1. The first-order chi connectivity index (χ1) is 7.52. The minimum atomic E-state index is -1.03. The average molecular weight is 220 g/mol. The maximum Gasteiger partial charge on any atom is 0.314 e. The molecule has 1 unspecified atom stereocenters. The summed E-state index contributed by atoms with van der Waals surface area (Å²) in [4.78, 5) is 22.8. The summed E-state index contributed by atoms with van der Waals surface area (Å²) < 4.78 is 0. The number of carbonyl (C=O) groups is 2. The Bertz CT molecular complexity index is 368. The van der Waals surface area contributed by atoms with E-state index in [-0.39, 0.29) is 18.1 Å². The monoisotopic (exact) mass is 220 g/mol. The van der Waals surface area contributed by atoms with Gasteiger partial charge in [0.1, 0.15) is 5.92 Å². The van der Waals surface area contributed by atoms with Crippen LogP contribution < -0.4 is 0 Å². The molecule has 3 heteroatoms. The number of hydrogen-bond donors (Lipinski definition) is 1. The average Bonchev–Trinajstić information content (AvgIpc) is 2.17. The van der Waals surface area contributed by atoms with Crippen LogP contribution in [0.2, 0.25) is 0 Å². The number of Topliss-reactive ketones (excluding diaryl/α,β-unsaturated/α-hetero) is 1. The van der Waals surface area contributed by atoms with E-state index in [1.165, 1.54) is 0 Å². The lowest BCUT2D eigenvalue weighted by atomic mass is 9.88. The second kappa shape index (κ2) is 5.45. The zero-order chi connectivity index (χ0) is 12.1. The maximum atomic E-state index is 11.8. The molecular formula is C13H16O3. The molecule has 0 aliphatic heterocycles. The molecule has 0 fully saturated rings. The molecule has 1 N–H and O–H groups in total. The van der Waals surface area contributed by atoms with Gasteiger partial charge in [-0.25, -0.2) is 0 Å². The molecule has 16 heavy (non-hydrogen) atoms. The zero-order valence-corrected chi connectivity index (χ0v) is 9.51. The van der Waals surface area contributed by atoms with Gasteiger partial charge in [0.15, 0.2) is 5.78 Å². The highest BCUT2D eigenvalue weighted by Crippen LogP contribution is 2.15. The quantitative estimate of drug-likeness (QED) is 0.773. The minimum absolute atomic E-state index is 0.172. The highest BCUT2D eigenvalue weighted by molar-refractivity contribution is 5.99. The van der Waals surface area contributed by atoms with E-state index >= 15 is 0 Å². The Kier molecular flexibility index (Phi) is 4.23. The van der Waals surface area contributed by atoms with Gasteiger partial charge in [-0.15, -0.1) is 0 Å². The molecule has 86 valence electrons. The number of carbonyl (C=O) groups excluding carboxylic acids is 1. The third-order valence-electron chi connectivity index (χ3n) is 2.50. The fourth-order valence-electron chi connectivity index (χ4n) is 1.70. The lowest BCUT2D eigenvalue weighted by molar-refractivity contribution is -0.147. The summed E-state index contributed by atoms with van der Waals surface area (Å²) in [5.74, 6) is -2.33. The Morgan fingerprint density at radius 2 is 1.75 bits per heavy atom. The molecule has 0 aliphatic carbocycles. The Balaban J connectivity index is 2.74. The van der Waals surface area contributed by atoms with Crippen molar-refractivity contribution in [3.63, 3.8) is 0 Å². The molecule has 1 atom stereocenters. The summed E-state index contributed by atoms with van der Waals surface area (Å²) in [5, 5.41) is 8.97. The molecule has 1 aromatic carbocycles. The van der Waals surface area contributed by atoms with E-state index in [2.05, 4.69) is 0 Å². The van der Waals surface area contributed by atoms with Crippen molar-refractivity contribution < 1.29 is 14.7 Å². The van der Waals surface area contributed by atoms with Crippen LogP contribution in [0.1, 0.15) is 19.4 Å². The van der Waals surface area contributed by atoms with Crippen LogP contribution in [0.3, 0.4) is 0 Å². The van der Waals surface area contributed by atoms with Gasteiger partial charge in [-0.05, 0) is 11.5 Å². The van der Waals surface area contributed by atoms with Gasteiger partial charge in [0.25, 0.3) is 0 Å². The number of aliphatic carboxylic acids is 1. The third kappa shape index (κ3) is 3.19. The van der Waals surface area contributed by atoms with Crippen molar-refractivity contribution in [1.29, 1.82) is 0 Å². The summed E-state index contributed by atoms with van der Waals surface area (Å²) in [6.07, 6.45) is 0.190. The molecule has 0 aliphatic rings. The lowest BCUT2D eigenvalue weighted by Gasteiger charge is -2.14. The molecule has 0 amide bonds. The number of hydrogen-bond acceptors (Lipinski definition) is 2. The van der Waals surface area contributed by atoms with E-state index in [0.717, 1.165) is 5.56 Å². The number of ketones is 1. The molecule has 0 aromatic heterocycles. The molecule has 0 spiro atoms. The minimum Gasteiger partial charge on any atom is -0.481 e. The summed E-state index contributed by atoms with van der Waals surface area (Å²) in [7, 11) is 0. The Morgan fingerprint density at radius 1 is 1.19 bits per heavy atom. The van der Waals surface area contributed by atoms with Gasteiger partial charge in [0.2, 0.25) is 0 Å². The van der Waals surface area contributed by atoms with E-state index < -0.39 is 11.9 Å². The van der Waals surface area contributed by atoms with Gasteiger partial charge < -0.3 is 5.11 Å². The highest BCUT2D eigenvalue weighted by Gasteiger charge is 2.28. The first kappa shape index (κ1) is 12.4. The van der Waals surface area contributed by atoms with Crippen LogP contribution in [0.5, 0.6) is 0 Å². The number of rotatable bonds is 5. The van der Waals surface area contributed by atoms with Crippen molar-refractivity contribution in [3.8, 4) is 0 Å². The molecule has 0 heterocycles. The van der Waals surface area contributed by atoms with Crippen molar-refractivity contribution in [2.45, 2.75) is 20.3 Å². The summed E-state index contributed by atoms with van der Waals surface area (Å²) in [6, 6.07) is 9.21. The Labute approximate surface area is 95.1 Å². The predicted octanol–water partition coefficient (Wildman–Crippen LogP) is 2.16. The topological polar surface area (TPSA) is 54.4 Å². The van der Waals surface area contributed by atoms with Crippen molar-refractivity contribution in [2.24, 2.45) is 11.8 Å². The van der Waals surface area contributed by atoms with Crippen LogP contribution in [0.25, 0.3) is 0 Å². The van der Waals surface area contributed by atoms with Crippen molar-refractivity contribution in [2.75, 3.05) is 0 Å². The molecular weight excluding hydrogens is 204 g/mol. The SMILES string of the molecule is CC(C)C(C(=O)O)C(=O)Cc1ccccc1. The van der Waals surface area contributed by atoms with Crippen LogP contribution in [0.15, 0.2) is 30.3 Å². The highest BCUT2D eigenvalue weighted by atomic mass is 16.4. The van der Waals surface area contributed by atoms with Gasteiger partial charge >= 0.3 is 5.97 Å². The third-order valence-corrected chi connectivity index (χ3v) is 2.50. The Morgan fingerprint density at radius 3 is 2.19 bits per heavy atom. The molecule has 0 bridgehead atoms. The smallest absolute Gasteiger partial charge is 0.314 e. The lowest BCUT2D eigenvalue weighted by Crippen LogP contribution is -2.29. The van der Waals surface area contributed by atoms with Gasteiger partial charge in [-0.1, -0.05) is 44.2 Å². The van der Waals surface area contributed by atoms with E-state index in [0.29, 0.717) is 0 Å². The van der Waals surface area contributed by atoms with Crippen LogP contribution in [-0.2, 0) is 16.0 Å². The van der Waals surface area contributed by atoms with Crippen LogP contribution in [0, 0.1) is 11.8 Å². The summed E-state index contributed by atoms with van der Waals surface area (Å²) in [6.45, 7) is 3.50. The van der Waals surface area contributed by atoms with Crippen molar-refractivity contribution in [1.82, 2.24) is 0 Å². The predicted molar refractivity (Wildman–Crippen MR) is 61.1 cm³/mol. The van der Waals surface area contributed by atoms with Gasteiger partial charge in [0, 0.05) is 6.42 Å². The van der Waals surface area contributed by atoms with Gasteiger partial charge in [-0.2, -0.15) is 0 Å².